The summed E-state index contributed by atoms with van der Waals surface area (Å²) in [7, 11) is 0. The molecule has 2 bridgehead atoms. The van der Waals surface area contributed by atoms with E-state index in [9.17, 15) is 10.2 Å². The summed E-state index contributed by atoms with van der Waals surface area (Å²) in [6.45, 7) is 0. The lowest BCUT2D eigenvalue weighted by atomic mass is 9.95. The molecule has 0 unspecified atom stereocenters. The predicted octanol–water partition coefficient (Wildman–Crippen LogP) is 0.138. The van der Waals surface area contributed by atoms with Crippen LogP contribution in [0.5, 0.6) is 0 Å². The quantitative estimate of drug-likeness (QED) is 0.487. The van der Waals surface area contributed by atoms with E-state index >= 15 is 0 Å². The topological polar surface area (TPSA) is 40.5 Å². The second-order valence-corrected chi connectivity index (χ2v) is 3.36. The van der Waals surface area contributed by atoms with Crippen LogP contribution in [-0.2, 0) is 0 Å². The molecule has 2 rings (SSSR count). The highest BCUT2D eigenvalue weighted by Gasteiger charge is 2.44. The minimum atomic E-state index is -0.0987. The molecule has 2 fully saturated rings. The van der Waals surface area contributed by atoms with Gasteiger partial charge in [-0.1, -0.05) is 0 Å². The molecule has 9 heavy (non-hydrogen) atoms. The molecule has 52 valence electrons. The van der Waals surface area contributed by atoms with Crippen LogP contribution < -0.4 is 0 Å². The van der Waals surface area contributed by atoms with Gasteiger partial charge in [0.2, 0.25) is 0 Å². The molecule has 0 aliphatic heterocycles. The van der Waals surface area contributed by atoms with Gasteiger partial charge in [0.15, 0.2) is 0 Å². The first-order valence-corrected chi connectivity index (χ1v) is 3.63. The van der Waals surface area contributed by atoms with Crippen LogP contribution in [0.3, 0.4) is 0 Å². The van der Waals surface area contributed by atoms with Gasteiger partial charge in [-0.05, 0) is 31.1 Å². The van der Waals surface area contributed by atoms with Gasteiger partial charge < -0.3 is 10.2 Å². The highest BCUT2D eigenvalue weighted by atomic mass is 16.3. The lowest BCUT2D eigenvalue weighted by Crippen LogP contribution is -2.24. The van der Waals surface area contributed by atoms with Gasteiger partial charge in [-0.3, -0.25) is 0 Å². The molecule has 0 heterocycles. The molecule has 0 aromatic rings. The summed E-state index contributed by atoms with van der Waals surface area (Å²) >= 11 is 0. The number of aliphatic hydroxyl groups excluding tert-OH is 2. The summed E-state index contributed by atoms with van der Waals surface area (Å²) in [5.41, 5.74) is 0. The van der Waals surface area contributed by atoms with Crippen LogP contribution in [0, 0.1) is 11.8 Å². The highest BCUT2D eigenvalue weighted by molar-refractivity contribution is 4.95. The second-order valence-electron chi connectivity index (χ2n) is 3.36. The fraction of sp³-hybridized carbons (Fsp3) is 1.00. The van der Waals surface area contributed by atoms with Crippen molar-refractivity contribution < 1.29 is 10.2 Å². The van der Waals surface area contributed by atoms with Crippen LogP contribution in [0.2, 0.25) is 0 Å². The number of fused-ring (bicyclic) bond motifs is 2. The average Bonchev–Trinajstić information content (AvgIpc) is 2.24. The Bertz CT molecular complexity index is 106. The maximum Gasteiger partial charge on any atom is 0.0573 e. The fourth-order valence-corrected chi connectivity index (χ4v) is 2.21. The van der Waals surface area contributed by atoms with Crippen molar-refractivity contribution in [1.82, 2.24) is 0 Å². The number of rotatable bonds is 0. The van der Waals surface area contributed by atoms with Gasteiger partial charge >= 0.3 is 0 Å². The third-order valence-electron chi connectivity index (χ3n) is 2.78. The third kappa shape index (κ3) is 0.700. The maximum atomic E-state index is 9.23. The molecule has 4 atom stereocenters. The van der Waals surface area contributed by atoms with Crippen LogP contribution >= 0.6 is 0 Å². The van der Waals surface area contributed by atoms with Gasteiger partial charge in [0.1, 0.15) is 0 Å². The monoisotopic (exact) mass is 128 g/mol. The first kappa shape index (κ1) is 5.69. The Balaban J connectivity index is 2.10. The smallest absolute Gasteiger partial charge is 0.0573 e. The van der Waals surface area contributed by atoms with Crippen LogP contribution in [-0.4, -0.2) is 22.4 Å². The molecule has 0 aromatic heterocycles. The standard InChI is InChI=1S/C7H12O2/c8-6-2-4-1-5(6)3-7(4)9/h4-9H,1-3H2/t4-,5-,6-,7-/m0/s1. The third-order valence-corrected chi connectivity index (χ3v) is 2.78. The molecule has 0 aromatic carbocycles. The molecule has 0 amide bonds. The van der Waals surface area contributed by atoms with E-state index in [0.29, 0.717) is 11.8 Å². The summed E-state index contributed by atoms with van der Waals surface area (Å²) in [6.07, 6.45) is 2.54. The largest absolute Gasteiger partial charge is 0.393 e. The molecular weight excluding hydrogens is 116 g/mol. The molecule has 2 heteroatoms. The zero-order valence-electron chi connectivity index (χ0n) is 5.33. The zero-order valence-corrected chi connectivity index (χ0v) is 5.33. The Morgan fingerprint density at radius 1 is 0.778 bits per heavy atom. The maximum absolute atomic E-state index is 9.23. The average molecular weight is 128 g/mol. The number of hydrogen-bond acceptors (Lipinski definition) is 2. The van der Waals surface area contributed by atoms with Crippen LogP contribution in [0.1, 0.15) is 19.3 Å². The summed E-state index contributed by atoms with van der Waals surface area (Å²) in [4.78, 5) is 0. The van der Waals surface area contributed by atoms with Crippen LogP contribution in [0.25, 0.3) is 0 Å². The van der Waals surface area contributed by atoms with E-state index in [-0.39, 0.29) is 12.2 Å². The SMILES string of the molecule is O[C@H]1C[C@@H]2C[C@H]1C[C@@H]2O. The first-order valence-electron chi connectivity index (χ1n) is 3.63. The summed E-state index contributed by atoms with van der Waals surface area (Å²) < 4.78 is 0. The van der Waals surface area contributed by atoms with E-state index in [1.165, 1.54) is 0 Å². The van der Waals surface area contributed by atoms with Crippen molar-refractivity contribution in [3.8, 4) is 0 Å². The molecule has 2 saturated carbocycles. The van der Waals surface area contributed by atoms with Crippen molar-refractivity contribution in [1.29, 1.82) is 0 Å². The van der Waals surface area contributed by atoms with E-state index in [1.807, 2.05) is 0 Å². The summed E-state index contributed by atoms with van der Waals surface area (Å²) in [6, 6.07) is 0. The summed E-state index contributed by atoms with van der Waals surface area (Å²) in [5, 5.41) is 18.5. The van der Waals surface area contributed by atoms with Gasteiger partial charge in [-0.25, -0.2) is 0 Å². The van der Waals surface area contributed by atoms with Crippen LogP contribution in [0.15, 0.2) is 0 Å². The number of aliphatic hydroxyl groups is 2. The zero-order chi connectivity index (χ0) is 6.43. The fourth-order valence-electron chi connectivity index (χ4n) is 2.21. The Hall–Kier alpha value is -0.0800. The second kappa shape index (κ2) is 1.70. The van der Waals surface area contributed by atoms with E-state index < -0.39 is 0 Å². The highest BCUT2D eigenvalue weighted by Crippen LogP contribution is 2.44. The minimum Gasteiger partial charge on any atom is -0.393 e. The van der Waals surface area contributed by atoms with E-state index in [1.54, 1.807) is 0 Å². The van der Waals surface area contributed by atoms with Gasteiger partial charge in [0, 0.05) is 0 Å². The molecule has 2 nitrogen and oxygen atoms in total. The molecule has 0 saturated heterocycles. The van der Waals surface area contributed by atoms with Gasteiger partial charge in [0.05, 0.1) is 12.2 Å². The molecule has 2 N–H and O–H groups in total. The first-order chi connectivity index (χ1) is 4.27. The van der Waals surface area contributed by atoms with E-state index in [4.69, 9.17) is 0 Å². The predicted molar refractivity (Wildman–Crippen MR) is 32.8 cm³/mol. The normalized spacial score (nSPS) is 56.7. The van der Waals surface area contributed by atoms with Gasteiger partial charge in [-0.15, -0.1) is 0 Å². The molecule has 0 radical (unpaired) electrons. The van der Waals surface area contributed by atoms with Crippen molar-refractivity contribution in [2.75, 3.05) is 0 Å². The number of hydrogen-bond donors (Lipinski definition) is 2. The van der Waals surface area contributed by atoms with Crippen molar-refractivity contribution in [2.45, 2.75) is 31.5 Å². The van der Waals surface area contributed by atoms with Crippen molar-refractivity contribution in [3.63, 3.8) is 0 Å². The Labute approximate surface area is 54.5 Å². The van der Waals surface area contributed by atoms with Crippen molar-refractivity contribution in [3.05, 3.63) is 0 Å². The Morgan fingerprint density at radius 2 is 1.22 bits per heavy atom. The van der Waals surface area contributed by atoms with Gasteiger partial charge in [-0.2, -0.15) is 0 Å². The molecular formula is C7H12O2. The van der Waals surface area contributed by atoms with Crippen molar-refractivity contribution >= 4 is 0 Å². The minimum absolute atomic E-state index is 0.0987. The van der Waals surface area contributed by atoms with Crippen LogP contribution in [0.4, 0.5) is 0 Å². The lowest BCUT2D eigenvalue weighted by Gasteiger charge is -2.19. The molecule has 2 aliphatic carbocycles. The molecule has 2 aliphatic rings. The molecule has 0 spiro atoms. The van der Waals surface area contributed by atoms with Crippen molar-refractivity contribution in [2.24, 2.45) is 11.8 Å². The van der Waals surface area contributed by atoms with E-state index in [2.05, 4.69) is 0 Å². The summed E-state index contributed by atoms with van der Waals surface area (Å²) in [5.74, 6) is 0.843. The Kier molecular flexibility index (Phi) is 1.08. The Morgan fingerprint density at radius 3 is 1.44 bits per heavy atom. The lowest BCUT2D eigenvalue weighted by molar-refractivity contribution is 0.0447. The van der Waals surface area contributed by atoms with E-state index in [0.717, 1.165) is 19.3 Å². The van der Waals surface area contributed by atoms with Gasteiger partial charge in [0.25, 0.3) is 0 Å².